The van der Waals surface area contributed by atoms with Crippen LogP contribution in [0.5, 0.6) is 0 Å². The van der Waals surface area contributed by atoms with E-state index >= 15 is 0 Å². The van der Waals surface area contributed by atoms with Gasteiger partial charge in [0.15, 0.2) is 0 Å². The zero-order valence-corrected chi connectivity index (χ0v) is 12.3. The van der Waals surface area contributed by atoms with Crippen LogP contribution in [0, 0.1) is 6.92 Å². The molecule has 114 valence electrons. The summed E-state index contributed by atoms with van der Waals surface area (Å²) in [5.41, 5.74) is 0.941. The van der Waals surface area contributed by atoms with Crippen LogP contribution < -0.4 is 5.56 Å². The lowest BCUT2D eigenvalue weighted by Crippen LogP contribution is -2.40. The molecule has 0 aromatic carbocycles. The first-order valence-electron chi connectivity index (χ1n) is 7.26. The second-order valence-electron chi connectivity index (χ2n) is 5.44. The minimum Gasteiger partial charge on any atom is -0.337 e. The van der Waals surface area contributed by atoms with Crippen molar-refractivity contribution in [2.75, 3.05) is 13.1 Å². The van der Waals surface area contributed by atoms with E-state index < -0.39 is 0 Å². The summed E-state index contributed by atoms with van der Waals surface area (Å²) < 4.78 is 0. The summed E-state index contributed by atoms with van der Waals surface area (Å²) in [5, 5.41) is 0. The molecule has 7 heteroatoms. The highest BCUT2D eigenvalue weighted by atomic mass is 16.2. The van der Waals surface area contributed by atoms with Crippen LogP contribution in [-0.2, 0) is 0 Å². The molecular formula is C15H17N5O2. The Hall–Kier alpha value is -2.57. The van der Waals surface area contributed by atoms with Gasteiger partial charge in [-0.2, -0.15) is 0 Å². The van der Waals surface area contributed by atoms with E-state index in [1.54, 1.807) is 18.0 Å². The molecule has 3 heterocycles. The van der Waals surface area contributed by atoms with Crippen molar-refractivity contribution in [2.24, 2.45) is 0 Å². The van der Waals surface area contributed by atoms with Crippen molar-refractivity contribution < 1.29 is 4.79 Å². The van der Waals surface area contributed by atoms with Crippen LogP contribution in [0.4, 0.5) is 0 Å². The SMILES string of the molecule is Cc1nc([C@H]2CCCN(C(=O)c3cnccn3)C2)cc(=O)[nH]1. The fourth-order valence-corrected chi connectivity index (χ4v) is 2.79. The maximum absolute atomic E-state index is 12.4. The first kappa shape index (κ1) is 14.4. The fourth-order valence-electron chi connectivity index (χ4n) is 2.79. The second-order valence-corrected chi connectivity index (χ2v) is 5.44. The van der Waals surface area contributed by atoms with E-state index in [0.29, 0.717) is 24.6 Å². The molecule has 1 amide bonds. The van der Waals surface area contributed by atoms with Gasteiger partial charge in [-0.05, 0) is 19.8 Å². The first-order chi connectivity index (χ1) is 10.6. The molecule has 1 atom stereocenters. The van der Waals surface area contributed by atoms with E-state index in [1.807, 2.05) is 0 Å². The summed E-state index contributed by atoms with van der Waals surface area (Å²) in [6, 6.07) is 1.52. The number of rotatable bonds is 2. The number of aromatic nitrogens is 4. The highest BCUT2D eigenvalue weighted by Gasteiger charge is 2.27. The predicted molar refractivity (Wildman–Crippen MR) is 79.5 cm³/mol. The van der Waals surface area contributed by atoms with Crippen LogP contribution in [0.1, 0.15) is 40.8 Å². The Bertz CT molecular complexity index is 728. The van der Waals surface area contributed by atoms with Gasteiger partial charge in [0.2, 0.25) is 0 Å². The van der Waals surface area contributed by atoms with Crippen LogP contribution in [0.2, 0.25) is 0 Å². The summed E-state index contributed by atoms with van der Waals surface area (Å²) in [6.45, 7) is 3.00. The average Bonchev–Trinajstić information content (AvgIpc) is 2.54. The second kappa shape index (κ2) is 6.05. The zero-order valence-electron chi connectivity index (χ0n) is 12.3. The fraction of sp³-hybridized carbons (Fsp3) is 0.400. The molecule has 0 saturated carbocycles. The quantitative estimate of drug-likeness (QED) is 0.889. The molecule has 0 radical (unpaired) electrons. The molecule has 0 aliphatic carbocycles. The first-order valence-corrected chi connectivity index (χ1v) is 7.26. The summed E-state index contributed by atoms with van der Waals surface area (Å²) in [7, 11) is 0. The Labute approximate surface area is 127 Å². The number of likely N-dealkylation sites (tertiary alicyclic amines) is 1. The Morgan fingerprint density at radius 1 is 1.41 bits per heavy atom. The monoisotopic (exact) mass is 299 g/mol. The van der Waals surface area contributed by atoms with Crippen LogP contribution in [0.3, 0.4) is 0 Å². The Morgan fingerprint density at radius 2 is 2.27 bits per heavy atom. The zero-order chi connectivity index (χ0) is 15.5. The lowest BCUT2D eigenvalue weighted by molar-refractivity contribution is 0.0699. The van der Waals surface area contributed by atoms with Gasteiger partial charge in [-0.15, -0.1) is 0 Å². The molecule has 1 N–H and O–H groups in total. The smallest absolute Gasteiger partial charge is 0.274 e. The van der Waals surface area contributed by atoms with Crippen molar-refractivity contribution in [1.29, 1.82) is 0 Å². The minimum atomic E-state index is -0.153. The van der Waals surface area contributed by atoms with Crippen LogP contribution >= 0.6 is 0 Å². The van der Waals surface area contributed by atoms with Crippen molar-refractivity contribution in [3.8, 4) is 0 Å². The maximum atomic E-state index is 12.4. The molecule has 1 fully saturated rings. The summed E-state index contributed by atoms with van der Waals surface area (Å²) in [4.78, 5) is 40.8. The van der Waals surface area contributed by atoms with Crippen molar-refractivity contribution in [1.82, 2.24) is 24.8 Å². The standard InChI is InChI=1S/C15H17N5O2/c1-10-18-12(7-14(21)19-10)11-3-2-6-20(9-11)15(22)13-8-16-4-5-17-13/h4-5,7-8,11H,2-3,6,9H2,1H3,(H,18,19,21)/t11-/m0/s1. The number of hydrogen-bond acceptors (Lipinski definition) is 5. The number of H-pyrrole nitrogens is 1. The highest BCUT2D eigenvalue weighted by Crippen LogP contribution is 2.25. The van der Waals surface area contributed by atoms with Crippen molar-refractivity contribution in [3.05, 3.63) is 52.2 Å². The number of aromatic amines is 1. The number of hydrogen-bond donors (Lipinski definition) is 1. The lowest BCUT2D eigenvalue weighted by Gasteiger charge is -2.32. The number of piperidine rings is 1. The van der Waals surface area contributed by atoms with E-state index in [-0.39, 0.29) is 17.4 Å². The highest BCUT2D eigenvalue weighted by molar-refractivity contribution is 5.92. The normalized spacial score (nSPS) is 18.2. The molecule has 1 aliphatic rings. The molecule has 3 rings (SSSR count). The maximum Gasteiger partial charge on any atom is 0.274 e. The molecule has 22 heavy (non-hydrogen) atoms. The van der Waals surface area contributed by atoms with Crippen LogP contribution in [0.15, 0.2) is 29.5 Å². The van der Waals surface area contributed by atoms with E-state index in [0.717, 1.165) is 18.5 Å². The van der Waals surface area contributed by atoms with E-state index in [2.05, 4.69) is 19.9 Å². The van der Waals surface area contributed by atoms with Crippen molar-refractivity contribution in [3.63, 3.8) is 0 Å². The molecule has 7 nitrogen and oxygen atoms in total. The Balaban J connectivity index is 1.79. The number of amides is 1. The van der Waals surface area contributed by atoms with Crippen LogP contribution in [-0.4, -0.2) is 43.8 Å². The van der Waals surface area contributed by atoms with E-state index in [4.69, 9.17) is 0 Å². The number of aryl methyl sites for hydroxylation is 1. The largest absolute Gasteiger partial charge is 0.337 e. The topological polar surface area (TPSA) is 91.8 Å². The minimum absolute atomic E-state index is 0.0790. The van der Waals surface area contributed by atoms with Gasteiger partial charge in [-0.3, -0.25) is 14.6 Å². The number of carbonyl (C=O) groups is 1. The molecular weight excluding hydrogens is 282 g/mol. The van der Waals surface area contributed by atoms with Crippen molar-refractivity contribution >= 4 is 5.91 Å². The number of nitrogens with zero attached hydrogens (tertiary/aromatic N) is 4. The van der Waals surface area contributed by atoms with E-state index in [1.165, 1.54) is 18.5 Å². The van der Waals surface area contributed by atoms with Gasteiger partial charge in [0.05, 0.1) is 11.9 Å². The summed E-state index contributed by atoms with van der Waals surface area (Å²) in [5.74, 6) is 0.551. The lowest BCUT2D eigenvalue weighted by atomic mass is 9.94. The van der Waals surface area contributed by atoms with Gasteiger partial charge in [-0.1, -0.05) is 0 Å². The molecule has 2 aromatic rings. The van der Waals surface area contributed by atoms with Gasteiger partial charge < -0.3 is 9.88 Å². The molecule has 1 saturated heterocycles. The van der Waals surface area contributed by atoms with Crippen molar-refractivity contribution in [2.45, 2.75) is 25.7 Å². The Kier molecular flexibility index (Phi) is 3.95. The van der Waals surface area contributed by atoms with Gasteiger partial charge in [0, 0.05) is 37.5 Å². The molecule has 2 aromatic heterocycles. The van der Waals surface area contributed by atoms with Crippen LogP contribution in [0.25, 0.3) is 0 Å². The third-order valence-electron chi connectivity index (χ3n) is 3.79. The number of carbonyl (C=O) groups excluding carboxylic acids is 1. The van der Waals surface area contributed by atoms with E-state index in [9.17, 15) is 9.59 Å². The van der Waals surface area contributed by atoms with Gasteiger partial charge in [-0.25, -0.2) is 9.97 Å². The summed E-state index contributed by atoms with van der Waals surface area (Å²) in [6.07, 6.45) is 6.32. The molecule has 0 spiro atoms. The van der Waals surface area contributed by atoms with Gasteiger partial charge in [0.1, 0.15) is 11.5 Å². The number of nitrogens with one attached hydrogen (secondary N) is 1. The molecule has 0 bridgehead atoms. The molecule has 1 aliphatic heterocycles. The third-order valence-corrected chi connectivity index (χ3v) is 3.79. The third kappa shape index (κ3) is 3.03. The average molecular weight is 299 g/mol. The Morgan fingerprint density at radius 3 is 3.00 bits per heavy atom. The van der Waals surface area contributed by atoms with Gasteiger partial charge >= 0.3 is 0 Å². The van der Waals surface area contributed by atoms with Gasteiger partial charge in [0.25, 0.3) is 11.5 Å². The molecule has 0 unspecified atom stereocenters. The predicted octanol–water partition coefficient (Wildman–Crippen LogP) is 0.888. The summed E-state index contributed by atoms with van der Waals surface area (Å²) >= 11 is 0.